The summed E-state index contributed by atoms with van der Waals surface area (Å²) in [6, 6.07) is 7.16. The number of piperidine rings is 1. The number of hydrogen-bond acceptors (Lipinski definition) is 6. The Hall–Kier alpha value is -1.97. The minimum absolute atomic E-state index is 0.0383. The molecule has 1 aliphatic rings. The Balaban J connectivity index is 1.66. The molecule has 0 bridgehead atoms. The first-order chi connectivity index (χ1) is 13.3. The zero-order valence-electron chi connectivity index (χ0n) is 15.8. The van der Waals surface area contributed by atoms with Crippen LogP contribution in [0, 0.1) is 5.92 Å². The number of benzene rings is 1. The van der Waals surface area contributed by atoms with Gasteiger partial charge in [-0.3, -0.25) is 4.79 Å². The number of rotatable bonds is 6. The van der Waals surface area contributed by atoms with E-state index in [0.29, 0.717) is 41.7 Å². The topological polar surface area (TPSA) is 96.6 Å². The van der Waals surface area contributed by atoms with E-state index in [-0.39, 0.29) is 30.7 Å². The molecule has 1 fully saturated rings. The van der Waals surface area contributed by atoms with Crippen molar-refractivity contribution in [3.8, 4) is 11.4 Å². The normalized spacial score (nSPS) is 18.2. The van der Waals surface area contributed by atoms with E-state index in [1.807, 2.05) is 12.1 Å². The van der Waals surface area contributed by atoms with Crippen molar-refractivity contribution in [2.75, 3.05) is 25.9 Å². The van der Waals surface area contributed by atoms with Crippen LogP contribution in [0.4, 0.5) is 0 Å². The molecule has 0 radical (unpaired) electrons. The maximum atomic E-state index is 12.8. The molecule has 2 aromatic rings. The van der Waals surface area contributed by atoms with Gasteiger partial charge in [-0.25, -0.2) is 12.7 Å². The van der Waals surface area contributed by atoms with Crippen LogP contribution < -0.4 is 0 Å². The van der Waals surface area contributed by atoms with Crippen LogP contribution in [-0.4, -0.2) is 59.6 Å². The van der Waals surface area contributed by atoms with Gasteiger partial charge in [-0.2, -0.15) is 4.98 Å². The van der Waals surface area contributed by atoms with E-state index < -0.39 is 10.0 Å². The molecule has 152 valence electrons. The maximum absolute atomic E-state index is 12.8. The highest BCUT2D eigenvalue weighted by Gasteiger charge is 2.33. The molecule has 0 aliphatic carbocycles. The number of nitrogens with zero attached hydrogens (tertiary/aromatic N) is 4. The van der Waals surface area contributed by atoms with Crippen LogP contribution in [0.2, 0.25) is 5.02 Å². The van der Waals surface area contributed by atoms with Crippen molar-refractivity contribution in [1.82, 2.24) is 19.3 Å². The molecule has 1 aromatic carbocycles. The largest absolute Gasteiger partial charge is 0.337 e. The van der Waals surface area contributed by atoms with Crippen molar-refractivity contribution >= 4 is 27.5 Å². The van der Waals surface area contributed by atoms with Crippen molar-refractivity contribution in [2.45, 2.75) is 26.3 Å². The second-order valence-electron chi connectivity index (χ2n) is 6.78. The van der Waals surface area contributed by atoms with Crippen molar-refractivity contribution in [2.24, 2.45) is 5.92 Å². The molecule has 1 atom stereocenters. The minimum Gasteiger partial charge on any atom is -0.337 e. The van der Waals surface area contributed by atoms with Gasteiger partial charge in [0.25, 0.3) is 0 Å². The Labute approximate surface area is 169 Å². The van der Waals surface area contributed by atoms with Gasteiger partial charge in [-0.1, -0.05) is 28.9 Å². The first-order valence-corrected chi connectivity index (χ1v) is 11.1. The summed E-state index contributed by atoms with van der Waals surface area (Å²) in [4.78, 5) is 18.6. The lowest BCUT2D eigenvalue weighted by molar-refractivity contribution is -0.136. The molecule has 3 rings (SSSR count). The average molecular weight is 427 g/mol. The van der Waals surface area contributed by atoms with Gasteiger partial charge in [-0.15, -0.1) is 0 Å². The average Bonchev–Trinajstić information content (AvgIpc) is 3.16. The van der Waals surface area contributed by atoms with Gasteiger partial charge in [0.15, 0.2) is 0 Å². The SMILES string of the molecule is CCS(=O)(=O)N1CCC[C@H](C(=O)N(C)Cc2nc(-c3ccccc3Cl)no2)C1. The number of halogens is 1. The monoisotopic (exact) mass is 426 g/mol. The van der Waals surface area contributed by atoms with Crippen LogP contribution in [0.25, 0.3) is 11.4 Å². The fourth-order valence-corrected chi connectivity index (χ4v) is 4.64. The molecular formula is C18H23ClN4O4S. The molecule has 1 amide bonds. The third-order valence-electron chi connectivity index (χ3n) is 4.82. The highest BCUT2D eigenvalue weighted by Crippen LogP contribution is 2.25. The molecule has 0 saturated carbocycles. The molecule has 0 unspecified atom stereocenters. The van der Waals surface area contributed by atoms with E-state index in [0.717, 1.165) is 0 Å². The fraction of sp³-hybridized carbons (Fsp3) is 0.500. The number of sulfonamides is 1. The van der Waals surface area contributed by atoms with Gasteiger partial charge in [0, 0.05) is 25.7 Å². The Morgan fingerprint density at radius 1 is 1.39 bits per heavy atom. The second kappa shape index (κ2) is 8.59. The molecule has 10 heteroatoms. The fourth-order valence-electron chi connectivity index (χ4n) is 3.24. The highest BCUT2D eigenvalue weighted by atomic mass is 35.5. The van der Waals surface area contributed by atoms with Gasteiger partial charge >= 0.3 is 0 Å². The van der Waals surface area contributed by atoms with E-state index >= 15 is 0 Å². The van der Waals surface area contributed by atoms with Crippen LogP contribution in [0.15, 0.2) is 28.8 Å². The van der Waals surface area contributed by atoms with E-state index in [2.05, 4.69) is 10.1 Å². The Morgan fingerprint density at radius 3 is 2.86 bits per heavy atom. The Kier molecular flexibility index (Phi) is 6.36. The van der Waals surface area contributed by atoms with E-state index in [1.54, 1.807) is 26.1 Å². The Bertz CT molecular complexity index is 947. The van der Waals surface area contributed by atoms with E-state index in [9.17, 15) is 13.2 Å². The zero-order chi connectivity index (χ0) is 20.3. The Morgan fingerprint density at radius 2 is 2.14 bits per heavy atom. The summed E-state index contributed by atoms with van der Waals surface area (Å²) in [5.74, 6) is 0.190. The molecule has 0 spiro atoms. The number of carbonyl (C=O) groups excluding carboxylic acids is 1. The predicted molar refractivity (Wildman–Crippen MR) is 105 cm³/mol. The number of hydrogen-bond donors (Lipinski definition) is 0. The lowest BCUT2D eigenvalue weighted by Gasteiger charge is -2.32. The summed E-state index contributed by atoms with van der Waals surface area (Å²) in [5, 5.41) is 4.44. The standard InChI is InChI=1S/C18H23ClN4O4S/c1-3-28(25,26)23-10-6-7-13(11-23)18(24)22(2)12-16-20-17(21-27-16)14-8-4-5-9-15(14)19/h4-5,8-9,13H,3,6-7,10-12H2,1-2H3/t13-/m0/s1. The lowest BCUT2D eigenvalue weighted by Crippen LogP contribution is -2.46. The summed E-state index contributed by atoms with van der Waals surface area (Å²) >= 11 is 6.15. The summed E-state index contributed by atoms with van der Waals surface area (Å²) < 4.78 is 30.9. The van der Waals surface area contributed by atoms with Gasteiger partial charge in [0.1, 0.15) is 0 Å². The van der Waals surface area contributed by atoms with Crippen LogP contribution in [0.3, 0.4) is 0 Å². The summed E-state index contributed by atoms with van der Waals surface area (Å²) in [6.07, 6.45) is 1.33. The first-order valence-electron chi connectivity index (χ1n) is 9.12. The second-order valence-corrected chi connectivity index (χ2v) is 9.45. The number of aromatic nitrogens is 2. The summed E-state index contributed by atoms with van der Waals surface area (Å²) in [5.41, 5.74) is 0.654. The molecule has 0 N–H and O–H groups in total. The number of carbonyl (C=O) groups is 1. The molecule has 28 heavy (non-hydrogen) atoms. The van der Waals surface area contributed by atoms with Crippen LogP contribution in [-0.2, 0) is 21.4 Å². The zero-order valence-corrected chi connectivity index (χ0v) is 17.4. The number of amides is 1. The van der Waals surface area contributed by atoms with Crippen molar-refractivity contribution in [3.63, 3.8) is 0 Å². The van der Waals surface area contributed by atoms with Crippen LogP contribution in [0.1, 0.15) is 25.7 Å². The van der Waals surface area contributed by atoms with Crippen molar-refractivity contribution < 1.29 is 17.7 Å². The van der Waals surface area contributed by atoms with E-state index in [1.165, 1.54) is 9.21 Å². The van der Waals surface area contributed by atoms with Crippen LogP contribution in [0.5, 0.6) is 0 Å². The lowest BCUT2D eigenvalue weighted by atomic mass is 9.98. The first kappa shape index (κ1) is 20.8. The van der Waals surface area contributed by atoms with E-state index in [4.69, 9.17) is 16.1 Å². The molecule has 1 aliphatic heterocycles. The highest BCUT2D eigenvalue weighted by molar-refractivity contribution is 7.89. The molecule has 1 aromatic heterocycles. The summed E-state index contributed by atoms with van der Waals surface area (Å²) in [6.45, 7) is 2.44. The van der Waals surface area contributed by atoms with Gasteiger partial charge in [0.05, 0.1) is 23.2 Å². The molecule has 1 saturated heterocycles. The smallest absolute Gasteiger partial charge is 0.246 e. The molecular weight excluding hydrogens is 404 g/mol. The molecule has 8 nitrogen and oxygen atoms in total. The minimum atomic E-state index is -3.29. The van der Waals surface area contributed by atoms with Crippen molar-refractivity contribution in [1.29, 1.82) is 0 Å². The molecule has 2 heterocycles. The van der Waals surface area contributed by atoms with Crippen LogP contribution >= 0.6 is 11.6 Å². The third-order valence-corrected chi connectivity index (χ3v) is 7.00. The van der Waals surface area contributed by atoms with Gasteiger partial charge in [0.2, 0.25) is 27.6 Å². The van der Waals surface area contributed by atoms with Gasteiger partial charge in [-0.05, 0) is 31.9 Å². The van der Waals surface area contributed by atoms with Crippen molar-refractivity contribution in [3.05, 3.63) is 35.2 Å². The van der Waals surface area contributed by atoms with Gasteiger partial charge < -0.3 is 9.42 Å². The predicted octanol–water partition coefficient (Wildman–Crippen LogP) is 2.41. The summed E-state index contributed by atoms with van der Waals surface area (Å²) in [7, 11) is -1.65. The quantitative estimate of drug-likeness (QED) is 0.703. The third kappa shape index (κ3) is 4.53. The maximum Gasteiger partial charge on any atom is 0.246 e.